The highest BCUT2D eigenvalue weighted by molar-refractivity contribution is 6.17. The molecule has 0 atom stereocenters. The Labute approximate surface area is 105 Å². The van der Waals surface area contributed by atoms with E-state index in [-0.39, 0.29) is 0 Å². The average molecular weight is 248 g/mol. The molecule has 0 bridgehead atoms. The SMILES string of the molecule is CC(C)(CCCCl)CNCC1CCOCC1. The summed E-state index contributed by atoms with van der Waals surface area (Å²) in [5.41, 5.74) is 0.375. The van der Waals surface area contributed by atoms with Gasteiger partial charge in [0.2, 0.25) is 0 Å². The van der Waals surface area contributed by atoms with Crippen molar-refractivity contribution >= 4 is 11.6 Å². The molecule has 1 saturated heterocycles. The van der Waals surface area contributed by atoms with Gasteiger partial charge in [-0.05, 0) is 43.6 Å². The Balaban J connectivity index is 2.08. The zero-order valence-corrected chi connectivity index (χ0v) is 11.5. The van der Waals surface area contributed by atoms with Gasteiger partial charge in [-0.3, -0.25) is 0 Å². The van der Waals surface area contributed by atoms with Gasteiger partial charge in [0.25, 0.3) is 0 Å². The molecule has 1 N–H and O–H groups in total. The van der Waals surface area contributed by atoms with E-state index in [2.05, 4.69) is 19.2 Å². The second-order valence-corrected chi connectivity index (χ2v) is 6.02. The first-order valence-corrected chi connectivity index (χ1v) is 7.02. The molecule has 0 aliphatic carbocycles. The van der Waals surface area contributed by atoms with Crippen LogP contribution in [0.1, 0.15) is 39.5 Å². The highest BCUT2D eigenvalue weighted by Gasteiger charge is 2.18. The van der Waals surface area contributed by atoms with Crippen LogP contribution in [0.15, 0.2) is 0 Å². The van der Waals surface area contributed by atoms with Gasteiger partial charge < -0.3 is 10.1 Å². The van der Waals surface area contributed by atoms with Crippen LogP contribution in [0.4, 0.5) is 0 Å². The maximum absolute atomic E-state index is 5.73. The zero-order valence-electron chi connectivity index (χ0n) is 10.7. The standard InChI is InChI=1S/C13H26ClNO/c1-13(2,6-3-7-14)11-15-10-12-4-8-16-9-5-12/h12,15H,3-11H2,1-2H3. The van der Waals surface area contributed by atoms with Crippen LogP contribution >= 0.6 is 11.6 Å². The summed E-state index contributed by atoms with van der Waals surface area (Å²) in [7, 11) is 0. The fourth-order valence-electron chi connectivity index (χ4n) is 2.20. The Hall–Kier alpha value is 0.210. The zero-order chi connectivity index (χ0) is 11.9. The number of nitrogens with one attached hydrogen (secondary N) is 1. The number of halogens is 1. The van der Waals surface area contributed by atoms with Gasteiger partial charge >= 0.3 is 0 Å². The molecule has 0 aromatic heterocycles. The molecule has 2 nitrogen and oxygen atoms in total. The minimum absolute atomic E-state index is 0.375. The van der Waals surface area contributed by atoms with Gasteiger partial charge in [-0.2, -0.15) is 0 Å². The van der Waals surface area contributed by atoms with Crippen LogP contribution in [-0.2, 0) is 4.74 Å². The predicted molar refractivity (Wildman–Crippen MR) is 70.1 cm³/mol. The maximum Gasteiger partial charge on any atom is 0.0469 e. The molecule has 0 aromatic rings. The van der Waals surface area contributed by atoms with E-state index in [1.807, 2.05) is 0 Å². The molecule has 0 amide bonds. The number of alkyl halides is 1. The van der Waals surface area contributed by atoms with E-state index in [9.17, 15) is 0 Å². The van der Waals surface area contributed by atoms with E-state index in [1.54, 1.807) is 0 Å². The van der Waals surface area contributed by atoms with Crippen LogP contribution in [0.25, 0.3) is 0 Å². The minimum atomic E-state index is 0.375. The third kappa shape index (κ3) is 6.07. The molecule has 0 aromatic carbocycles. The van der Waals surface area contributed by atoms with Crippen LogP contribution in [0.2, 0.25) is 0 Å². The van der Waals surface area contributed by atoms with Gasteiger partial charge in [0.15, 0.2) is 0 Å². The quantitative estimate of drug-likeness (QED) is 0.699. The van der Waals surface area contributed by atoms with E-state index in [0.29, 0.717) is 5.41 Å². The van der Waals surface area contributed by atoms with E-state index >= 15 is 0 Å². The molecule has 1 aliphatic heterocycles. The summed E-state index contributed by atoms with van der Waals surface area (Å²) in [6.45, 7) is 8.77. The summed E-state index contributed by atoms with van der Waals surface area (Å²) in [4.78, 5) is 0. The second-order valence-electron chi connectivity index (χ2n) is 5.64. The molecule has 1 rings (SSSR count). The first kappa shape index (κ1) is 14.3. The maximum atomic E-state index is 5.73. The summed E-state index contributed by atoms with van der Waals surface area (Å²) < 4.78 is 5.36. The first-order valence-electron chi connectivity index (χ1n) is 6.48. The summed E-state index contributed by atoms with van der Waals surface area (Å²) in [6.07, 6.45) is 4.76. The molecule has 1 heterocycles. The van der Waals surface area contributed by atoms with Crippen molar-refractivity contribution in [1.82, 2.24) is 5.32 Å². The number of ether oxygens (including phenoxy) is 1. The molecule has 0 saturated carbocycles. The summed E-state index contributed by atoms with van der Waals surface area (Å²) in [5.74, 6) is 1.60. The average Bonchev–Trinajstić information content (AvgIpc) is 2.28. The molecular formula is C13H26ClNO. The van der Waals surface area contributed by atoms with Crippen molar-refractivity contribution in [3.63, 3.8) is 0 Å². The Bertz CT molecular complexity index is 179. The van der Waals surface area contributed by atoms with Crippen molar-refractivity contribution in [3.8, 4) is 0 Å². The van der Waals surface area contributed by atoms with Gasteiger partial charge in [-0.15, -0.1) is 11.6 Å². The van der Waals surface area contributed by atoms with Gasteiger partial charge in [-0.1, -0.05) is 13.8 Å². The lowest BCUT2D eigenvalue weighted by molar-refractivity contribution is 0.0655. The summed E-state index contributed by atoms with van der Waals surface area (Å²) >= 11 is 5.73. The van der Waals surface area contributed by atoms with E-state index in [4.69, 9.17) is 16.3 Å². The molecular weight excluding hydrogens is 222 g/mol. The lowest BCUT2D eigenvalue weighted by atomic mass is 9.88. The van der Waals surface area contributed by atoms with Gasteiger partial charge in [0.05, 0.1) is 0 Å². The van der Waals surface area contributed by atoms with Crippen LogP contribution in [0, 0.1) is 11.3 Å². The third-order valence-corrected chi connectivity index (χ3v) is 3.63. The molecule has 3 heteroatoms. The molecule has 96 valence electrons. The monoisotopic (exact) mass is 247 g/mol. The Morgan fingerprint density at radius 2 is 2.00 bits per heavy atom. The fourth-order valence-corrected chi connectivity index (χ4v) is 2.33. The van der Waals surface area contributed by atoms with Gasteiger partial charge in [0.1, 0.15) is 0 Å². The van der Waals surface area contributed by atoms with E-state index in [1.165, 1.54) is 19.3 Å². The van der Waals surface area contributed by atoms with Crippen molar-refractivity contribution in [2.45, 2.75) is 39.5 Å². The predicted octanol–water partition coefficient (Wildman–Crippen LogP) is 3.05. The number of hydrogen-bond donors (Lipinski definition) is 1. The highest BCUT2D eigenvalue weighted by Crippen LogP contribution is 2.22. The van der Waals surface area contributed by atoms with Crippen molar-refractivity contribution in [3.05, 3.63) is 0 Å². The van der Waals surface area contributed by atoms with Crippen LogP contribution in [0.3, 0.4) is 0 Å². The van der Waals surface area contributed by atoms with Crippen molar-refractivity contribution in [1.29, 1.82) is 0 Å². The molecule has 1 aliphatic rings. The van der Waals surface area contributed by atoms with E-state index < -0.39 is 0 Å². The van der Waals surface area contributed by atoms with Crippen molar-refractivity contribution in [2.24, 2.45) is 11.3 Å². The molecule has 1 fully saturated rings. The van der Waals surface area contributed by atoms with Crippen molar-refractivity contribution in [2.75, 3.05) is 32.2 Å². The Morgan fingerprint density at radius 3 is 2.62 bits per heavy atom. The lowest BCUT2D eigenvalue weighted by Crippen LogP contribution is -2.34. The fraction of sp³-hybridized carbons (Fsp3) is 1.00. The number of rotatable bonds is 7. The normalized spacial score (nSPS) is 18.9. The highest BCUT2D eigenvalue weighted by atomic mass is 35.5. The minimum Gasteiger partial charge on any atom is -0.381 e. The van der Waals surface area contributed by atoms with Gasteiger partial charge in [-0.25, -0.2) is 0 Å². The molecule has 16 heavy (non-hydrogen) atoms. The first-order chi connectivity index (χ1) is 7.64. The molecule has 0 unspecified atom stereocenters. The second kappa shape index (κ2) is 7.52. The Kier molecular flexibility index (Phi) is 6.71. The Morgan fingerprint density at radius 1 is 1.31 bits per heavy atom. The van der Waals surface area contributed by atoms with Crippen LogP contribution in [0.5, 0.6) is 0 Å². The third-order valence-electron chi connectivity index (χ3n) is 3.36. The number of hydrogen-bond acceptors (Lipinski definition) is 2. The molecule has 0 spiro atoms. The smallest absolute Gasteiger partial charge is 0.0469 e. The van der Waals surface area contributed by atoms with Crippen LogP contribution in [-0.4, -0.2) is 32.2 Å². The van der Waals surface area contributed by atoms with Crippen LogP contribution < -0.4 is 5.32 Å². The van der Waals surface area contributed by atoms with Gasteiger partial charge in [0, 0.05) is 25.6 Å². The summed E-state index contributed by atoms with van der Waals surface area (Å²) in [5, 5.41) is 3.61. The topological polar surface area (TPSA) is 21.3 Å². The van der Waals surface area contributed by atoms with E-state index in [0.717, 1.165) is 44.5 Å². The lowest BCUT2D eigenvalue weighted by Gasteiger charge is -2.27. The molecule has 0 radical (unpaired) electrons. The largest absolute Gasteiger partial charge is 0.381 e. The van der Waals surface area contributed by atoms with Crippen molar-refractivity contribution < 1.29 is 4.74 Å². The summed E-state index contributed by atoms with van der Waals surface area (Å²) in [6, 6.07) is 0.